The summed E-state index contributed by atoms with van der Waals surface area (Å²) in [5, 5.41) is 8.99. The Hall–Kier alpha value is -1.82. The van der Waals surface area contributed by atoms with Crippen LogP contribution in [0.15, 0.2) is 18.2 Å². The smallest absolute Gasteiger partial charge is 0.256 e. The van der Waals surface area contributed by atoms with Gasteiger partial charge in [-0.2, -0.15) is 5.26 Å². The Morgan fingerprint density at radius 1 is 1.38 bits per heavy atom. The van der Waals surface area contributed by atoms with E-state index < -0.39 is 0 Å². The molecule has 1 aliphatic rings. The SMILES string of the molecule is CC(C)(C)N1Cc2cccc(C#N)c2C1=O. The number of carbonyl (C=O) groups excluding carboxylic acids is 1. The van der Waals surface area contributed by atoms with Crippen molar-refractivity contribution >= 4 is 5.91 Å². The van der Waals surface area contributed by atoms with Gasteiger partial charge in [-0.15, -0.1) is 0 Å². The fourth-order valence-electron chi connectivity index (χ4n) is 2.00. The number of amides is 1. The van der Waals surface area contributed by atoms with Gasteiger partial charge in [0.1, 0.15) is 0 Å². The standard InChI is InChI=1S/C13H14N2O/c1-13(2,3)15-8-10-6-4-5-9(7-14)11(10)12(15)16/h4-6H,8H2,1-3H3. The Kier molecular flexibility index (Phi) is 2.23. The summed E-state index contributed by atoms with van der Waals surface area (Å²) in [6.07, 6.45) is 0. The minimum atomic E-state index is -0.206. The highest BCUT2D eigenvalue weighted by atomic mass is 16.2. The van der Waals surface area contributed by atoms with Crippen LogP contribution in [0.2, 0.25) is 0 Å². The Morgan fingerprint density at radius 3 is 2.62 bits per heavy atom. The molecule has 0 fully saturated rings. The van der Waals surface area contributed by atoms with Crippen LogP contribution in [0.25, 0.3) is 0 Å². The van der Waals surface area contributed by atoms with E-state index in [9.17, 15) is 4.79 Å². The molecule has 0 radical (unpaired) electrons. The quantitative estimate of drug-likeness (QED) is 0.665. The zero-order valence-corrected chi connectivity index (χ0v) is 9.74. The fraction of sp³-hybridized carbons (Fsp3) is 0.385. The van der Waals surface area contributed by atoms with Crippen molar-refractivity contribution in [3.63, 3.8) is 0 Å². The molecular formula is C13H14N2O. The van der Waals surface area contributed by atoms with Crippen molar-refractivity contribution in [1.82, 2.24) is 4.90 Å². The van der Waals surface area contributed by atoms with Gasteiger partial charge in [0, 0.05) is 12.1 Å². The van der Waals surface area contributed by atoms with Crippen LogP contribution in [0.4, 0.5) is 0 Å². The first kappa shape index (κ1) is 10.7. The normalized spacial score (nSPS) is 14.9. The summed E-state index contributed by atoms with van der Waals surface area (Å²) < 4.78 is 0. The lowest BCUT2D eigenvalue weighted by atomic mass is 10.0. The van der Waals surface area contributed by atoms with Gasteiger partial charge in [-0.25, -0.2) is 0 Å². The van der Waals surface area contributed by atoms with Crippen LogP contribution >= 0.6 is 0 Å². The molecule has 1 aromatic rings. The molecule has 82 valence electrons. The molecule has 0 bridgehead atoms. The van der Waals surface area contributed by atoms with E-state index in [1.165, 1.54) is 0 Å². The second kappa shape index (κ2) is 3.34. The Balaban J connectivity index is 2.52. The molecule has 0 aliphatic carbocycles. The lowest BCUT2D eigenvalue weighted by Crippen LogP contribution is -2.41. The molecule has 1 amide bonds. The van der Waals surface area contributed by atoms with Crippen LogP contribution < -0.4 is 0 Å². The van der Waals surface area contributed by atoms with Gasteiger partial charge in [0.05, 0.1) is 17.2 Å². The summed E-state index contributed by atoms with van der Waals surface area (Å²) in [4.78, 5) is 14.0. The number of hydrogen-bond acceptors (Lipinski definition) is 2. The summed E-state index contributed by atoms with van der Waals surface area (Å²) in [6, 6.07) is 7.53. The van der Waals surface area contributed by atoms with E-state index in [0.29, 0.717) is 17.7 Å². The largest absolute Gasteiger partial charge is 0.329 e. The number of benzene rings is 1. The van der Waals surface area contributed by atoms with Crippen LogP contribution in [0.3, 0.4) is 0 Å². The third kappa shape index (κ3) is 1.47. The molecule has 1 aromatic carbocycles. The van der Waals surface area contributed by atoms with Crippen molar-refractivity contribution in [1.29, 1.82) is 5.26 Å². The van der Waals surface area contributed by atoms with Crippen molar-refractivity contribution < 1.29 is 4.79 Å². The maximum Gasteiger partial charge on any atom is 0.256 e. The van der Waals surface area contributed by atoms with E-state index in [1.54, 1.807) is 11.0 Å². The van der Waals surface area contributed by atoms with Crippen LogP contribution in [0, 0.1) is 11.3 Å². The number of nitriles is 1. The van der Waals surface area contributed by atoms with Gasteiger partial charge in [0.2, 0.25) is 0 Å². The van der Waals surface area contributed by atoms with E-state index in [2.05, 4.69) is 6.07 Å². The molecule has 0 saturated carbocycles. The van der Waals surface area contributed by atoms with Crippen LogP contribution in [-0.4, -0.2) is 16.3 Å². The predicted molar refractivity (Wildman–Crippen MR) is 60.8 cm³/mol. The summed E-state index contributed by atoms with van der Waals surface area (Å²) in [5.74, 6) is -0.0281. The first-order valence-electron chi connectivity index (χ1n) is 5.29. The number of carbonyl (C=O) groups is 1. The van der Waals surface area contributed by atoms with E-state index in [4.69, 9.17) is 5.26 Å². The van der Waals surface area contributed by atoms with Gasteiger partial charge < -0.3 is 4.90 Å². The molecule has 1 heterocycles. The second-order valence-electron chi connectivity index (χ2n) is 5.01. The first-order chi connectivity index (χ1) is 7.45. The highest BCUT2D eigenvalue weighted by Gasteiger charge is 2.36. The van der Waals surface area contributed by atoms with Crippen molar-refractivity contribution in [3.8, 4) is 6.07 Å². The van der Waals surface area contributed by atoms with Gasteiger partial charge in [0.25, 0.3) is 5.91 Å². The van der Waals surface area contributed by atoms with Gasteiger partial charge in [-0.3, -0.25) is 4.79 Å². The topological polar surface area (TPSA) is 44.1 Å². The average molecular weight is 214 g/mol. The molecule has 0 aromatic heterocycles. The molecule has 16 heavy (non-hydrogen) atoms. The highest BCUT2D eigenvalue weighted by molar-refractivity contribution is 6.01. The number of fused-ring (bicyclic) bond motifs is 1. The van der Waals surface area contributed by atoms with Crippen molar-refractivity contribution in [2.45, 2.75) is 32.9 Å². The molecule has 3 heteroatoms. The Bertz CT molecular complexity index is 492. The predicted octanol–water partition coefficient (Wildman–Crippen LogP) is 2.31. The van der Waals surface area contributed by atoms with E-state index in [1.807, 2.05) is 32.9 Å². The molecule has 0 saturated heterocycles. The molecule has 1 aliphatic heterocycles. The molecule has 2 rings (SSSR count). The molecule has 0 unspecified atom stereocenters. The van der Waals surface area contributed by atoms with E-state index >= 15 is 0 Å². The molecule has 0 N–H and O–H groups in total. The maximum absolute atomic E-state index is 12.2. The maximum atomic E-state index is 12.2. The highest BCUT2D eigenvalue weighted by Crippen LogP contribution is 2.30. The fourth-order valence-corrected chi connectivity index (χ4v) is 2.00. The zero-order chi connectivity index (χ0) is 11.9. The summed E-state index contributed by atoms with van der Waals surface area (Å²) in [7, 11) is 0. The Morgan fingerprint density at radius 2 is 2.06 bits per heavy atom. The number of nitrogens with zero attached hydrogens (tertiary/aromatic N) is 2. The van der Waals surface area contributed by atoms with Crippen LogP contribution in [-0.2, 0) is 6.54 Å². The van der Waals surface area contributed by atoms with Gasteiger partial charge in [-0.05, 0) is 32.4 Å². The van der Waals surface area contributed by atoms with Gasteiger partial charge >= 0.3 is 0 Å². The number of rotatable bonds is 0. The van der Waals surface area contributed by atoms with E-state index in [0.717, 1.165) is 5.56 Å². The first-order valence-corrected chi connectivity index (χ1v) is 5.29. The van der Waals surface area contributed by atoms with E-state index in [-0.39, 0.29) is 11.4 Å². The monoisotopic (exact) mass is 214 g/mol. The molecule has 0 spiro atoms. The van der Waals surface area contributed by atoms with Gasteiger partial charge in [-0.1, -0.05) is 12.1 Å². The van der Waals surface area contributed by atoms with Crippen LogP contribution in [0.5, 0.6) is 0 Å². The van der Waals surface area contributed by atoms with Crippen molar-refractivity contribution in [2.75, 3.05) is 0 Å². The second-order valence-corrected chi connectivity index (χ2v) is 5.01. The minimum absolute atomic E-state index is 0.0281. The molecule has 3 nitrogen and oxygen atoms in total. The van der Waals surface area contributed by atoms with Crippen LogP contribution in [0.1, 0.15) is 42.3 Å². The molecule has 0 atom stereocenters. The molecular weight excluding hydrogens is 200 g/mol. The third-order valence-corrected chi connectivity index (χ3v) is 2.87. The van der Waals surface area contributed by atoms with Crippen molar-refractivity contribution in [3.05, 3.63) is 34.9 Å². The lowest BCUT2D eigenvalue weighted by molar-refractivity contribution is 0.0609. The average Bonchev–Trinajstić information content (AvgIpc) is 2.56. The lowest BCUT2D eigenvalue weighted by Gasteiger charge is -2.31. The third-order valence-electron chi connectivity index (χ3n) is 2.87. The van der Waals surface area contributed by atoms with Gasteiger partial charge in [0.15, 0.2) is 0 Å². The zero-order valence-electron chi connectivity index (χ0n) is 9.74. The number of hydrogen-bond donors (Lipinski definition) is 0. The summed E-state index contributed by atoms with van der Waals surface area (Å²) in [5.41, 5.74) is 1.82. The summed E-state index contributed by atoms with van der Waals surface area (Å²) >= 11 is 0. The van der Waals surface area contributed by atoms with Crippen molar-refractivity contribution in [2.24, 2.45) is 0 Å². The summed E-state index contributed by atoms with van der Waals surface area (Å²) in [6.45, 7) is 6.61. The minimum Gasteiger partial charge on any atom is -0.329 e. The Labute approximate surface area is 95.3 Å².